The fraction of sp³-hybridized carbons (Fsp3) is 0.455. The lowest BCUT2D eigenvalue weighted by Gasteiger charge is -2.23. The van der Waals surface area contributed by atoms with Gasteiger partial charge < -0.3 is 15.2 Å². The molecule has 2 rings (SSSR count). The summed E-state index contributed by atoms with van der Waals surface area (Å²) in [5.41, 5.74) is 0.929. The molecule has 1 aromatic carbocycles. The molecule has 1 aliphatic heterocycles. The Morgan fingerprint density at radius 2 is 2.40 bits per heavy atom. The van der Waals surface area contributed by atoms with Gasteiger partial charge in [-0.05, 0) is 23.8 Å². The first-order valence-electron chi connectivity index (χ1n) is 5.05. The maximum atomic E-state index is 9.67. The molecule has 0 spiro atoms. The zero-order chi connectivity index (χ0) is 10.7. The molecule has 0 aliphatic carbocycles. The first-order chi connectivity index (χ1) is 7.25. The molecule has 1 atom stereocenters. The molecule has 1 aliphatic rings. The number of hydrogen-bond acceptors (Lipinski definition) is 3. The van der Waals surface area contributed by atoms with Crippen molar-refractivity contribution < 1.29 is 9.84 Å². The number of phenolic OH excluding ortho intramolecular Hbond substituents is 1. The third-order valence-electron chi connectivity index (χ3n) is 2.49. The highest BCUT2D eigenvalue weighted by molar-refractivity contribution is 9.10. The highest BCUT2D eigenvalue weighted by Gasteiger charge is 2.15. The first kappa shape index (κ1) is 10.9. The minimum atomic E-state index is 0.166. The molecule has 15 heavy (non-hydrogen) atoms. The number of halogens is 1. The molecular weight excluding hydrogens is 258 g/mol. The van der Waals surface area contributed by atoms with E-state index in [1.54, 1.807) is 6.07 Å². The molecule has 1 fully saturated rings. The van der Waals surface area contributed by atoms with Gasteiger partial charge in [0.2, 0.25) is 0 Å². The van der Waals surface area contributed by atoms with Crippen LogP contribution in [0.3, 0.4) is 0 Å². The lowest BCUT2D eigenvalue weighted by atomic mass is 10.1. The number of rotatable bonds is 2. The van der Waals surface area contributed by atoms with Gasteiger partial charge in [-0.25, -0.2) is 0 Å². The third-order valence-corrected chi connectivity index (χ3v) is 2.99. The Morgan fingerprint density at radius 3 is 3.13 bits per heavy atom. The predicted molar refractivity (Wildman–Crippen MR) is 62.1 cm³/mol. The second-order valence-electron chi connectivity index (χ2n) is 3.67. The molecule has 0 saturated carbocycles. The van der Waals surface area contributed by atoms with E-state index in [4.69, 9.17) is 4.74 Å². The molecule has 0 bridgehead atoms. The van der Waals surface area contributed by atoms with Crippen molar-refractivity contribution in [2.75, 3.05) is 19.7 Å². The van der Waals surface area contributed by atoms with Crippen LogP contribution in [0.2, 0.25) is 0 Å². The fourth-order valence-corrected chi connectivity index (χ4v) is 2.12. The van der Waals surface area contributed by atoms with E-state index in [0.717, 1.165) is 36.2 Å². The molecule has 1 heterocycles. The summed E-state index contributed by atoms with van der Waals surface area (Å²) in [5, 5.41) is 12.9. The molecule has 3 nitrogen and oxygen atoms in total. The van der Waals surface area contributed by atoms with Gasteiger partial charge in [0.15, 0.2) is 0 Å². The average molecular weight is 272 g/mol. The van der Waals surface area contributed by atoms with E-state index in [9.17, 15) is 5.11 Å². The number of benzene rings is 1. The quantitative estimate of drug-likeness (QED) is 0.860. The van der Waals surface area contributed by atoms with E-state index in [2.05, 4.69) is 21.2 Å². The fourth-order valence-electron chi connectivity index (χ4n) is 1.71. The van der Waals surface area contributed by atoms with Gasteiger partial charge in [0.1, 0.15) is 5.75 Å². The molecule has 1 aromatic rings. The highest BCUT2D eigenvalue weighted by atomic mass is 79.9. The van der Waals surface area contributed by atoms with Crippen LogP contribution >= 0.6 is 15.9 Å². The predicted octanol–water partition coefficient (Wildman–Crippen LogP) is 1.69. The van der Waals surface area contributed by atoms with Crippen LogP contribution in [0.4, 0.5) is 0 Å². The van der Waals surface area contributed by atoms with E-state index in [1.807, 2.05) is 12.1 Å². The number of phenols is 1. The van der Waals surface area contributed by atoms with Crippen molar-refractivity contribution in [3.63, 3.8) is 0 Å². The zero-order valence-electron chi connectivity index (χ0n) is 8.37. The maximum absolute atomic E-state index is 9.67. The lowest BCUT2D eigenvalue weighted by molar-refractivity contribution is 0.0289. The van der Waals surface area contributed by atoms with E-state index in [-0.39, 0.29) is 6.10 Å². The highest BCUT2D eigenvalue weighted by Crippen LogP contribution is 2.23. The average Bonchev–Trinajstić information content (AvgIpc) is 2.25. The second-order valence-corrected chi connectivity index (χ2v) is 4.59. The smallest absolute Gasteiger partial charge is 0.118 e. The summed E-state index contributed by atoms with van der Waals surface area (Å²) in [6, 6.07) is 5.47. The van der Waals surface area contributed by atoms with Gasteiger partial charge in [-0.1, -0.05) is 15.9 Å². The Kier molecular flexibility index (Phi) is 3.61. The molecule has 0 amide bonds. The summed E-state index contributed by atoms with van der Waals surface area (Å²) < 4.78 is 6.57. The van der Waals surface area contributed by atoms with Crippen LogP contribution in [0.15, 0.2) is 22.7 Å². The van der Waals surface area contributed by atoms with E-state index >= 15 is 0 Å². The van der Waals surface area contributed by atoms with Crippen molar-refractivity contribution in [3.05, 3.63) is 28.2 Å². The van der Waals surface area contributed by atoms with Crippen molar-refractivity contribution in [3.8, 4) is 5.75 Å². The summed E-state index contributed by atoms with van der Waals surface area (Å²) in [4.78, 5) is 0. The van der Waals surface area contributed by atoms with E-state index < -0.39 is 0 Å². The molecule has 1 unspecified atom stereocenters. The summed E-state index contributed by atoms with van der Waals surface area (Å²) in [7, 11) is 0. The van der Waals surface area contributed by atoms with Gasteiger partial charge >= 0.3 is 0 Å². The summed E-state index contributed by atoms with van der Waals surface area (Å²) >= 11 is 3.39. The van der Waals surface area contributed by atoms with Crippen molar-refractivity contribution in [2.24, 2.45) is 0 Å². The largest absolute Gasteiger partial charge is 0.508 e. The molecule has 82 valence electrons. The molecule has 2 N–H and O–H groups in total. The summed E-state index contributed by atoms with van der Waals surface area (Å²) in [6.45, 7) is 2.52. The summed E-state index contributed by atoms with van der Waals surface area (Å²) in [6.07, 6.45) is 0.914. The van der Waals surface area contributed by atoms with Gasteiger partial charge in [-0.2, -0.15) is 0 Å². The van der Waals surface area contributed by atoms with Crippen LogP contribution in [0.25, 0.3) is 0 Å². The van der Waals surface area contributed by atoms with Gasteiger partial charge in [-0.3, -0.25) is 0 Å². The minimum absolute atomic E-state index is 0.166. The van der Waals surface area contributed by atoms with Crippen LogP contribution in [-0.4, -0.2) is 30.9 Å². The monoisotopic (exact) mass is 271 g/mol. The maximum Gasteiger partial charge on any atom is 0.118 e. The Hall–Kier alpha value is -0.580. The topological polar surface area (TPSA) is 41.5 Å². The number of hydrogen-bond donors (Lipinski definition) is 2. The van der Waals surface area contributed by atoms with Crippen LogP contribution in [0, 0.1) is 0 Å². The van der Waals surface area contributed by atoms with Crippen molar-refractivity contribution in [1.82, 2.24) is 5.32 Å². The van der Waals surface area contributed by atoms with Crippen LogP contribution < -0.4 is 5.32 Å². The number of ether oxygens (including phenoxy) is 1. The zero-order valence-corrected chi connectivity index (χ0v) is 9.96. The van der Waals surface area contributed by atoms with Gasteiger partial charge in [-0.15, -0.1) is 0 Å². The molecule has 0 aromatic heterocycles. The molecule has 4 heteroatoms. The Bertz CT molecular complexity index is 337. The van der Waals surface area contributed by atoms with Crippen molar-refractivity contribution in [2.45, 2.75) is 12.5 Å². The molecule has 0 radical (unpaired) electrons. The van der Waals surface area contributed by atoms with Gasteiger partial charge in [0, 0.05) is 24.0 Å². The molecular formula is C11H14BrNO2. The normalized spacial score (nSPS) is 21.5. The first-order valence-corrected chi connectivity index (χ1v) is 5.85. The van der Waals surface area contributed by atoms with Crippen LogP contribution in [-0.2, 0) is 11.2 Å². The van der Waals surface area contributed by atoms with Crippen LogP contribution in [0.1, 0.15) is 5.56 Å². The lowest BCUT2D eigenvalue weighted by Crippen LogP contribution is -2.39. The minimum Gasteiger partial charge on any atom is -0.508 e. The van der Waals surface area contributed by atoms with Crippen molar-refractivity contribution >= 4 is 15.9 Å². The molecule has 1 saturated heterocycles. The Morgan fingerprint density at radius 1 is 1.53 bits per heavy atom. The van der Waals surface area contributed by atoms with Crippen molar-refractivity contribution in [1.29, 1.82) is 0 Å². The van der Waals surface area contributed by atoms with E-state index in [1.165, 1.54) is 0 Å². The Balaban J connectivity index is 2.05. The van der Waals surface area contributed by atoms with Crippen LogP contribution in [0.5, 0.6) is 5.75 Å². The SMILES string of the molecule is Oc1ccc(Br)cc1CC1CNCCO1. The second kappa shape index (κ2) is 4.96. The van der Waals surface area contributed by atoms with Gasteiger partial charge in [0.05, 0.1) is 12.7 Å². The number of morpholine rings is 1. The Labute approximate surface area is 97.6 Å². The van der Waals surface area contributed by atoms with E-state index in [0.29, 0.717) is 5.75 Å². The third kappa shape index (κ3) is 2.93. The summed E-state index contributed by atoms with van der Waals surface area (Å²) in [5.74, 6) is 0.340. The number of nitrogens with one attached hydrogen (secondary N) is 1. The standard InChI is InChI=1S/C11H14BrNO2/c12-9-1-2-11(14)8(5-9)6-10-7-13-3-4-15-10/h1-2,5,10,13-14H,3-4,6-7H2. The van der Waals surface area contributed by atoms with Gasteiger partial charge in [0.25, 0.3) is 0 Å². The number of aromatic hydroxyl groups is 1.